The van der Waals surface area contributed by atoms with E-state index in [9.17, 15) is 9.59 Å². The fourth-order valence-electron chi connectivity index (χ4n) is 1.81. The number of carbonyl (C=O) groups is 2. The molecule has 0 bridgehead atoms. The number of hydrogen-bond acceptors (Lipinski definition) is 6. The number of thiophene rings is 1. The third-order valence-corrected chi connectivity index (χ3v) is 5.07. The highest BCUT2D eigenvalue weighted by Gasteiger charge is 2.23. The van der Waals surface area contributed by atoms with E-state index in [1.54, 1.807) is 0 Å². The molecule has 1 aromatic rings. The van der Waals surface area contributed by atoms with Gasteiger partial charge in [0.2, 0.25) is 0 Å². The van der Waals surface area contributed by atoms with Crippen molar-refractivity contribution in [3.05, 3.63) is 21.4 Å². The number of rotatable bonds is 4. The predicted octanol–water partition coefficient (Wildman–Crippen LogP) is 0.801. The van der Waals surface area contributed by atoms with Crippen LogP contribution in [0.2, 0.25) is 0 Å². The van der Waals surface area contributed by atoms with Gasteiger partial charge in [0.25, 0.3) is 5.91 Å². The number of carbonyl (C=O) groups excluding carboxylic acids is 2. The number of nitrogens with one attached hydrogen (secondary N) is 1. The second-order valence-electron chi connectivity index (χ2n) is 4.09. The van der Waals surface area contributed by atoms with Crippen molar-refractivity contribution in [2.45, 2.75) is 18.2 Å². The summed E-state index contributed by atoms with van der Waals surface area (Å²) < 4.78 is 4.51. The van der Waals surface area contributed by atoms with Crippen LogP contribution in [-0.2, 0) is 21.7 Å². The number of ether oxygens (including phenoxy) is 1. The lowest BCUT2D eigenvalue weighted by atomic mass is 10.2. The van der Waals surface area contributed by atoms with Crippen LogP contribution in [0.4, 0.5) is 0 Å². The first-order valence-electron chi connectivity index (χ1n) is 5.84. The van der Waals surface area contributed by atoms with Crippen LogP contribution in [0, 0.1) is 0 Å². The summed E-state index contributed by atoms with van der Waals surface area (Å²) in [6, 6.07) is 0.860. The molecule has 0 radical (unpaired) electrons. The second kappa shape index (κ2) is 6.40. The molecule has 5 nitrogen and oxygen atoms in total. The zero-order chi connectivity index (χ0) is 13.8. The lowest BCUT2D eigenvalue weighted by Gasteiger charge is -2.12. The molecule has 1 amide bonds. The summed E-state index contributed by atoms with van der Waals surface area (Å²) in [5, 5.41) is 11.6. The Labute approximate surface area is 119 Å². The maximum absolute atomic E-state index is 12.0. The van der Waals surface area contributed by atoms with E-state index in [-0.39, 0.29) is 5.91 Å². The number of fused-ring (bicyclic) bond motifs is 1. The van der Waals surface area contributed by atoms with Gasteiger partial charge in [-0.1, -0.05) is 0 Å². The molecule has 0 fully saturated rings. The molecule has 0 saturated carbocycles. The van der Waals surface area contributed by atoms with Crippen LogP contribution in [0.15, 0.2) is 6.07 Å². The van der Waals surface area contributed by atoms with Gasteiger partial charge in [0.1, 0.15) is 0 Å². The fraction of sp³-hybridized carbons (Fsp3) is 0.500. The Morgan fingerprint density at radius 1 is 1.58 bits per heavy atom. The van der Waals surface area contributed by atoms with E-state index in [1.165, 1.54) is 28.9 Å². The molecule has 0 aliphatic carbocycles. The van der Waals surface area contributed by atoms with Crippen molar-refractivity contribution in [2.24, 2.45) is 0 Å². The van der Waals surface area contributed by atoms with Gasteiger partial charge in [0.15, 0.2) is 6.04 Å². The van der Waals surface area contributed by atoms with Gasteiger partial charge in [0.05, 0.1) is 18.6 Å². The largest absolute Gasteiger partial charge is 0.467 e. The molecule has 1 aliphatic heterocycles. The highest BCUT2D eigenvalue weighted by molar-refractivity contribution is 7.98. The fourth-order valence-corrected chi connectivity index (χ4v) is 4.09. The molecule has 0 saturated heterocycles. The standard InChI is InChI=1S/C12H15NO4S2/c1-17-12(16)8(5-14)13-11(15)10-4-7-6-18-3-2-9(7)19-10/h4,8,14H,2-3,5-6H2,1H3,(H,13,15). The van der Waals surface area contributed by atoms with Crippen molar-refractivity contribution in [1.29, 1.82) is 0 Å². The first kappa shape index (κ1) is 14.4. The number of thioether (sulfide) groups is 1. The highest BCUT2D eigenvalue weighted by Crippen LogP contribution is 2.31. The van der Waals surface area contributed by atoms with E-state index >= 15 is 0 Å². The van der Waals surface area contributed by atoms with Gasteiger partial charge < -0.3 is 15.2 Å². The minimum absolute atomic E-state index is 0.339. The maximum Gasteiger partial charge on any atom is 0.330 e. The normalized spacial score (nSPS) is 15.5. The summed E-state index contributed by atoms with van der Waals surface area (Å²) in [6.07, 6.45) is 0.985. The van der Waals surface area contributed by atoms with E-state index < -0.39 is 18.6 Å². The third-order valence-electron chi connectivity index (χ3n) is 2.83. The summed E-state index contributed by atoms with van der Waals surface area (Å²) in [7, 11) is 1.22. The number of aliphatic hydroxyl groups excluding tert-OH is 1. The number of methoxy groups -OCH3 is 1. The Hall–Kier alpha value is -1.05. The number of amides is 1. The summed E-state index contributed by atoms with van der Waals surface area (Å²) in [5.74, 6) is 1.02. The van der Waals surface area contributed by atoms with Gasteiger partial charge in [-0.05, 0) is 23.8 Å². The molecule has 19 heavy (non-hydrogen) atoms. The monoisotopic (exact) mass is 301 g/mol. The number of esters is 1. The molecular weight excluding hydrogens is 286 g/mol. The quantitative estimate of drug-likeness (QED) is 0.805. The van der Waals surface area contributed by atoms with E-state index in [4.69, 9.17) is 5.11 Å². The zero-order valence-electron chi connectivity index (χ0n) is 10.5. The smallest absolute Gasteiger partial charge is 0.330 e. The molecule has 0 aromatic carbocycles. The predicted molar refractivity (Wildman–Crippen MR) is 74.5 cm³/mol. The number of aryl methyl sites for hydroxylation is 1. The molecule has 2 rings (SSSR count). The van der Waals surface area contributed by atoms with E-state index in [2.05, 4.69) is 10.1 Å². The highest BCUT2D eigenvalue weighted by atomic mass is 32.2. The minimum atomic E-state index is -1.01. The van der Waals surface area contributed by atoms with Crippen LogP contribution in [0.5, 0.6) is 0 Å². The molecule has 1 aliphatic rings. The van der Waals surface area contributed by atoms with Crippen molar-refractivity contribution in [1.82, 2.24) is 5.32 Å². The molecule has 1 unspecified atom stereocenters. The lowest BCUT2D eigenvalue weighted by Crippen LogP contribution is -2.43. The maximum atomic E-state index is 12.0. The topological polar surface area (TPSA) is 75.6 Å². The van der Waals surface area contributed by atoms with Gasteiger partial charge >= 0.3 is 5.97 Å². The van der Waals surface area contributed by atoms with E-state index in [1.807, 2.05) is 17.8 Å². The Bertz CT molecular complexity index is 463. The zero-order valence-corrected chi connectivity index (χ0v) is 12.1. The number of aliphatic hydroxyl groups is 1. The van der Waals surface area contributed by atoms with Crippen LogP contribution < -0.4 is 5.32 Å². The molecule has 2 N–H and O–H groups in total. The van der Waals surface area contributed by atoms with Crippen molar-refractivity contribution in [3.8, 4) is 0 Å². The molecule has 0 spiro atoms. The Kier molecular flexibility index (Phi) is 4.84. The average molecular weight is 301 g/mol. The van der Waals surface area contributed by atoms with Crippen molar-refractivity contribution < 1.29 is 19.4 Å². The van der Waals surface area contributed by atoms with Crippen LogP contribution in [0.25, 0.3) is 0 Å². The molecule has 104 valence electrons. The SMILES string of the molecule is COC(=O)C(CO)NC(=O)c1cc2c(s1)CCSC2. The summed E-state index contributed by atoms with van der Waals surface area (Å²) >= 11 is 3.31. The Morgan fingerprint density at radius 2 is 2.37 bits per heavy atom. The average Bonchev–Trinajstić information content (AvgIpc) is 2.87. The van der Waals surface area contributed by atoms with Gasteiger partial charge in [-0.3, -0.25) is 4.79 Å². The third kappa shape index (κ3) is 3.29. The van der Waals surface area contributed by atoms with Gasteiger partial charge in [-0.2, -0.15) is 11.8 Å². The Balaban J connectivity index is 2.07. The molecule has 7 heteroatoms. The van der Waals surface area contributed by atoms with E-state index in [0.29, 0.717) is 4.88 Å². The molecule has 1 aromatic heterocycles. The minimum Gasteiger partial charge on any atom is -0.467 e. The van der Waals surface area contributed by atoms with Crippen LogP contribution in [-0.4, -0.2) is 42.5 Å². The van der Waals surface area contributed by atoms with Crippen LogP contribution in [0.3, 0.4) is 0 Å². The molecular formula is C12H15NO4S2. The molecule has 1 atom stereocenters. The summed E-state index contributed by atoms with van der Waals surface area (Å²) in [6.45, 7) is -0.473. The Morgan fingerprint density at radius 3 is 3.00 bits per heavy atom. The van der Waals surface area contributed by atoms with Gasteiger partial charge in [-0.25, -0.2) is 4.79 Å². The summed E-state index contributed by atoms with van der Waals surface area (Å²) in [5.41, 5.74) is 1.20. The van der Waals surface area contributed by atoms with Crippen molar-refractivity contribution >= 4 is 35.0 Å². The van der Waals surface area contributed by atoms with Crippen LogP contribution >= 0.6 is 23.1 Å². The summed E-state index contributed by atoms with van der Waals surface area (Å²) in [4.78, 5) is 25.2. The van der Waals surface area contributed by atoms with Gasteiger partial charge in [0, 0.05) is 10.6 Å². The van der Waals surface area contributed by atoms with Gasteiger partial charge in [-0.15, -0.1) is 11.3 Å². The van der Waals surface area contributed by atoms with Crippen molar-refractivity contribution in [3.63, 3.8) is 0 Å². The van der Waals surface area contributed by atoms with Crippen molar-refractivity contribution in [2.75, 3.05) is 19.5 Å². The van der Waals surface area contributed by atoms with E-state index in [0.717, 1.165) is 17.9 Å². The number of hydrogen-bond donors (Lipinski definition) is 2. The second-order valence-corrected chi connectivity index (χ2v) is 6.34. The van der Waals surface area contributed by atoms with Crippen LogP contribution in [0.1, 0.15) is 20.1 Å². The molecule has 2 heterocycles. The first-order chi connectivity index (χ1) is 9.15. The first-order valence-corrected chi connectivity index (χ1v) is 7.81. The lowest BCUT2D eigenvalue weighted by molar-refractivity contribution is -0.143.